The summed E-state index contributed by atoms with van der Waals surface area (Å²) >= 11 is 1.90. The Balaban J connectivity index is 1.28. The zero-order valence-electron chi connectivity index (χ0n) is 19.2. The SMILES string of the molecule is O=C(P)CCOCCOCCOCCOCCNC(=O)CCCCC1SCC2NC(=O)NC21. The van der Waals surface area contributed by atoms with Gasteiger partial charge in [0, 0.05) is 30.4 Å². The normalized spacial score (nSPS) is 21.5. The molecule has 2 fully saturated rings. The molecular formula is C21H38N3O7PS. The van der Waals surface area contributed by atoms with Crippen LogP contribution in [-0.4, -0.2) is 99.9 Å². The second-order valence-electron chi connectivity index (χ2n) is 7.88. The van der Waals surface area contributed by atoms with Crippen molar-refractivity contribution in [2.75, 3.05) is 65.2 Å². The first kappa shape index (κ1) is 28.3. The van der Waals surface area contributed by atoms with E-state index in [1.54, 1.807) is 0 Å². The molecule has 2 saturated heterocycles. The van der Waals surface area contributed by atoms with Gasteiger partial charge in [-0.25, -0.2) is 4.79 Å². The highest BCUT2D eigenvalue weighted by Gasteiger charge is 2.42. The maximum atomic E-state index is 11.9. The molecule has 0 aromatic carbocycles. The van der Waals surface area contributed by atoms with Crippen LogP contribution in [0.3, 0.4) is 0 Å². The average molecular weight is 508 g/mol. The van der Waals surface area contributed by atoms with E-state index in [-0.39, 0.29) is 29.5 Å². The topological polar surface area (TPSA) is 124 Å². The molecule has 12 heteroatoms. The van der Waals surface area contributed by atoms with Gasteiger partial charge in [0.05, 0.1) is 64.9 Å². The number of urea groups is 1. The highest BCUT2D eigenvalue weighted by molar-refractivity contribution is 8.00. The number of rotatable bonds is 20. The van der Waals surface area contributed by atoms with E-state index in [2.05, 4.69) is 25.2 Å². The van der Waals surface area contributed by atoms with Crippen molar-refractivity contribution in [2.45, 2.75) is 49.4 Å². The summed E-state index contributed by atoms with van der Waals surface area (Å²) in [5.41, 5.74) is 0.0390. The summed E-state index contributed by atoms with van der Waals surface area (Å²) in [6.07, 6.45) is 3.76. The summed E-state index contributed by atoms with van der Waals surface area (Å²) in [6, 6.07) is 0.425. The van der Waals surface area contributed by atoms with Crippen molar-refractivity contribution >= 4 is 38.5 Å². The molecule has 2 rings (SSSR count). The number of carbonyl (C=O) groups is 3. The van der Waals surface area contributed by atoms with Gasteiger partial charge in [0.1, 0.15) is 0 Å². The summed E-state index contributed by atoms with van der Waals surface area (Å²) < 4.78 is 21.4. The number of hydrogen-bond acceptors (Lipinski definition) is 8. The number of hydrogen-bond donors (Lipinski definition) is 3. The quantitative estimate of drug-likeness (QED) is 0.125. The maximum absolute atomic E-state index is 11.9. The molecule has 2 aliphatic heterocycles. The van der Waals surface area contributed by atoms with Gasteiger partial charge in [0.15, 0.2) is 5.52 Å². The first-order valence-corrected chi connectivity index (χ1v) is 13.2. The van der Waals surface area contributed by atoms with E-state index in [0.29, 0.717) is 77.5 Å². The fourth-order valence-electron chi connectivity index (χ4n) is 3.56. The van der Waals surface area contributed by atoms with Gasteiger partial charge < -0.3 is 34.9 Å². The Morgan fingerprint density at radius 2 is 1.55 bits per heavy atom. The first-order chi connectivity index (χ1) is 16.1. The highest BCUT2D eigenvalue weighted by atomic mass is 32.2. The molecule has 0 aromatic heterocycles. The predicted octanol–water partition coefficient (Wildman–Crippen LogP) is 0.687. The third-order valence-corrected chi connectivity index (χ3v) is 7.06. The third-order valence-electron chi connectivity index (χ3n) is 5.26. The molecular weight excluding hydrogens is 469 g/mol. The average Bonchev–Trinajstić information content (AvgIpc) is 3.33. The van der Waals surface area contributed by atoms with Crippen molar-refractivity contribution in [2.24, 2.45) is 0 Å². The summed E-state index contributed by atoms with van der Waals surface area (Å²) in [4.78, 5) is 34.0. The Hall–Kier alpha value is -0.970. The second kappa shape index (κ2) is 17.5. The lowest BCUT2D eigenvalue weighted by molar-refractivity contribution is -0.121. The molecule has 3 amide bonds. The monoisotopic (exact) mass is 507 g/mol. The molecule has 4 unspecified atom stereocenters. The van der Waals surface area contributed by atoms with E-state index in [0.717, 1.165) is 25.0 Å². The number of carbonyl (C=O) groups excluding carboxylic acids is 3. The van der Waals surface area contributed by atoms with Gasteiger partial charge in [0.2, 0.25) is 5.91 Å². The van der Waals surface area contributed by atoms with Crippen LogP contribution in [0.1, 0.15) is 32.1 Å². The molecule has 0 aromatic rings. The van der Waals surface area contributed by atoms with Crippen LogP contribution in [0.4, 0.5) is 4.79 Å². The van der Waals surface area contributed by atoms with E-state index >= 15 is 0 Å². The first-order valence-electron chi connectivity index (χ1n) is 11.6. The minimum absolute atomic E-state index is 0.0390. The van der Waals surface area contributed by atoms with Crippen molar-refractivity contribution in [3.63, 3.8) is 0 Å². The van der Waals surface area contributed by atoms with Crippen LogP contribution in [0.5, 0.6) is 0 Å². The standard InChI is InChI=1S/C21H38N3O7PS/c25-18(4-2-1-3-17-20-16(15-33-17)23-21(27)24-20)22-6-8-29-10-12-31-14-13-30-11-9-28-7-5-19(26)32/h16-17,20H,1-15,32H2,(H,22,25)(H2,23,24,27). The molecule has 0 bridgehead atoms. The molecule has 2 aliphatic rings. The number of thioether (sulfide) groups is 1. The van der Waals surface area contributed by atoms with Crippen molar-refractivity contribution in [3.8, 4) is 0 Å². The molecule has 10 nitrogen and oxygen atoms in total. The Morgan fingerprint density at radius 1 is 0.909 bits per heavy atom. The van der Waals surface area contributed by atoms with Crippen molar-refractivity contribution in [3.05, 3.63) is 0 Å². The molecule has 0 saturated carbocycles. The highest BCUT2D eigenvalue weighted by Crippen LogP contribution is 2.33. The number of nitrogens with one attached hydrogen (secondary N) is 3. The van der Waals surface area contributed by atoms with Gasteiger partial charge in [-0.05, 0) is 12.8 Å². The van der Waals surface area contributed by atoms with Crippen LogP contribution >= 0.6 is 21.0 Å². The van der Waals surface area contributed by atoms with Crippen LogP contribution in [0.25, 0.3) is 0 Å². The van der Waals surface area contributed by atoms with E-state index in [1.165, 1.54) is 0 Å². The largest absolute Gasteiger partial charge is 0.379 e. The second-order valence-corrected chi connectivity index (χ2v) is 9.80. The van der Waals surface area contributed by atoms with E-state index in [4.69, 9.17) is 18.9 Å². The van der Waals surface area contributed by atoms with E-state index < -0.39 is 0 Å². The van der Waals surface area contributed by atoms with E-state index in [9.17, 15) is 14.4 Å². The van der Waals surface area contributed by atoms with Crippen LogP contribution in [0.15, 0.2) is 0 Å². The number of amides is 3. The summed E-state index contributed by atoms with van der Waals surface area (Å²) in [5.74, 6) is 1.01. The Morgan fingerprint density at radius 3 is 2.21 bits per heavy atom. The van der Waals surface area contributed by atoms with Crippen LogP contribution in [0, 0.1) is 0 Å². The Bertz CT molecular complexity index is 602. The lowest BCUT2D eigenvalue weighted by Gasteiger charge is -2.16. The lowest BCUT2D eigenvalue weighted by Crippen LogP contribution is -2.36. The molecule has 0 radical (unpaired) electrons. The number of fused-ring (bicyclic) bond motifs is 1. The zero-order valence-corrected chi connectivity index (χ0v) is 21.2. The summed E-state index contributed by atoms with van der Waals surface area (Å²) in [6.45, 7) is 4.20. The van der Waals surface area contributed by atoms with Gasteiger partial charge in [0.25, 0.3) is 0 Å². The lowest BCUT2D eigenvalue weighted by atomic mass is 10.0. The molecule has 3 N–H and O–H groups in total. The fourth-order valence-corrected chi connectivity index (χ4v) is 5.22. The Kier molecular flexibility index (Phi) is 15.0. The van der Waals surface area contributed by atoms with Crippen LogP contribution < -0.4 is 16.0 Å². The van der Waals surface area contributed by atoms with Gasteiger partial charge in [-0.1, -0.05) is 15.7 Å². The van der Waals surface area contributed by atoms with Crippen molar-refractivity contribution < 1.29 is 33.3 Å². The van der Waals surface area contributed by atoms with Crippen molar-refractivity contribution in [1.82, 2.24) is 16.0 Å². The molecule has 0 spiro atoms. The molecule has 0 aliphatic carbocycles. The molecule has 33 heavy (non-hydrogen) atoms. The zero-order chi connectivity index (χ0) is 23.7. The van der Waals surface area contributed by atoms with Gasteiger partial charge in [-0.2, -0.15) is 11.8 Å². The van der Waals surface area contributed by atoms with Gasteiger partial charge in [-0.3, -0.25) is 9.59 Å². The van der Waals surface area contributed by atoms with Crippen LogP contribution in [0.2, 0.25) is 0 Å². The molecule has 190 valence electrons. The minimum Gasteiger partial charge on any atom is -0.379 e. The molecule has 4 atom stereocenters. The van der Waals surface area contributed by atoms with Crippen LogP contribution in [-0.2, 0) is 28.5 Å². The minimum atomic E-state index is -0.0582. The number of unbranched alkanes of at least 4 members (excludes halogenated alkanes) is 1. The maximum Gasteiger partial charge on any atom is 0.315 e. The summed E-state index contributed by atoms with van der Waals surface area (Å²) in [5, 5.41) is 9.25. The predicted molar refractivity (Wildman–Crippen MR) is 130 cm³/mol. The van der Waals surface area contributed by atoms with E-state index in [1.807, 2.05) is 11.8 Å². The third kappa shape index (κ3) is 12.9. The molecule has 2 heterocycles. The van der Waals surface area contributed by atoms with Gasteiger partial charge in [-0.15, -0.1) is 0 Å². The summed E-state index contributed by atoms with van der Waals surface area (Å²) in [7, 11) is 2.12. The number of ether oxygens (including phenoxy) is 4. The smallest absolute Gasteiger partial charge is 0.315 e. The van der Waals surface area contributed by atoms with Gasteiger partial charge >= 0.3 is 6.03 Å². The Labute approximate surface area is 202 Å². The van der Waals surface area contributed by atoms with Crippen molar-refractivity contribution in [1.29, 1.82) is 0 Å². The fraction of sp³-hybridized carbons (Fsp3) is 0.857.